The summed E-state index contributed by atoms with van der Waals surface area (Å²) in [4.78, 5) is 25.0. The normalized spacial score (nSPS) is 18.1. The summed E-state index contributed by atoms with van der Waals surface area (Å²) in [6.07, 6.45) is 1.75. The van der Waals surface area contributed by atoms with E-state index in [0.29, 0.717) is 28.9 Å². The van der Waals surface area contributed by atoms with E-state index in [4.69, 9.17) is 33.7 Å². The minimum atomic E-state index is -0.348. The number of hydrogen-bond donors (Lipinski definition) is 1. The molecule has 0 saturated carbocycles. The van der Waals surface area contributed by atoms with Gasteiger partial charge in [0.2, 0.25) is 11.8 Å². The fourth-order valence-corrected chi connectivity index (χ4v) is 2.78. The molecule has 0 aromatic heterocycles. The topological polar surface area (TPSA) is 72.6 Å². The zero-order valence-electron chi connectivity index (χ0n) is 12.1. The summed E-state index contributed by atoms with van der Waals surface area (Å²) in [6.45, 7) is 1.25. The Bertz CT molecular complexity index is 566. The Morgan fingerprint density at radius 3 is 2.86 bits per heavy atom. The van der Waals surface area contributed by atoms with E-state index in [1.54, 1.807) is 23.1 Å². The summed E-state index contributed by atoms with van der Waals surface area (Å²) in [5, 5.41) is 0.745. The Hall–Kier alpha value is -1.46. The zero-order valence-corrected chi connectivity index (χ0v) is 13.6. The van der Waals surface area contributed by atoms with Gasteiger partial charge in [-0.3, -0.25) is 9.59 Å². The number of benzene rings is 1. The van der Waals surface area contributed by atoms with Gasteiger partial charge in [0.15, 0.2) is 0 Å². The Balaban J connectivity index is 1.82. The lowest BCUT2D eigenvalue weighted by atomic mass is 9.97. The van der Waals surface area contributed by atoms with Crippen LogP contribution in [-0.4, -0.2) is 36.4 Å². The molecule has 120 valence electrons. The molecule has 1 aliphatic heterocycles. The van der Waals surface area contributed by atoms with E-state index in [-0.39, 0.29) is 30.8 Å². The SMILES string of the molecule is NC(=O)C1CCCN(C(=O)CCOc2cccc(Cl)c2Cl)C1. The van der Waals surface area contributed by atoms with Crippen LogP contribution in [0.15, 0.2) is 18.2 Å². The smallest absolute Gasteiger partial charge is 0.226 e. The number of nitrogens with zero attached hydrogens (tertiary/aromatic N) is 1. The number of carbonyl (C=O) groups is 2. The zero-order chi connectivity index (χ0) is 16.1. The van der Waals surface area contributed by atoms with Gasteiger partial charge in [0.25, 0.3) is 0 Å². The van der Waals surface area contributed by atoms with Crippen molar-refractivity contribution in [3.63, 3.8) is 0 Å². The molecular formula is C15H18Cl2N2O3. The molecule has 1 unspecified atom stereocenters. The van der Waals surface area contributed by atoms with E-state index in [1.165, 1.54) is 0 Å². The minimum Gasteiger partial charge on any atom is -0.491 e. The first-order chi connectivity index (χ1) is 10.5. The number of ether oxygens (including phenoxy) is 1. The van der Waals surface area contributed by atoms with Gasteiger partial charge in [-0.15, -0.1) is 0 Å². The number of hydrogen-bond acceptors (Lipinski definition) is 3. The molecule has 1 saturated heterocycles. The van der Waals surface area contributed by atoms with Crippen LogP contribution < -0.4 is 10.5 Å². The van der Waals surface area contributed by atoms with Crippen LogP contribution in [0.4, 0.5) is 0 Å². The molecule has 7 heteroatoms. The van der Waals surface area contributed by atoms with E-state index in [9.17, 15) is 9.59 Å². The molecule has 0 bridgehead atoms. The van der Waals surface area contributed by atoms with Crippen LogP contribution in [0.5, 0.6) is 5.75 Å². The van der Waals surface area contributed by atoms with Gasteiger partial charge >= 0.3 is 0 Å². The number of primary amides is 1. The van der Waals surface area contributed by atoms with Crippen LogP contribution >= 0.6 is 23.2 Å². The van der Waals surface area contributed by atoms with E-state index < -0.39 is 0 Å². The molecule has 2 rings (SSSR count). The summed E-state index contributed by atoms with van der Waals surface area (Å²) in [7, 11) is 0. The molecule has 1 heterocycles. The van der Waals surface area contributed by atoms with Crippen molar-refractivity contribution in [3.8, 4) is 5.75 Å². The summed E-state index contributed by atoms with van der Waals surface area (Å²) in [5.74, 6) is -0.194. The first kappa shape index (κ1) is 16.9. The van der Waals surface area contributed by atoms with E-state index >= 15 is 0 Å². The highest BCUT2D eigenvalue weighted by molar-refractivity contribution is 6.42. The molecule has 1 atom stereocenters. The predicted molar refractivity (Wildman–Crippen MR) is 85.1 cm³/mol. The van der Waals surface area contributed by atoms with Crippen molar-refractivity contribution in [3.05, 3.63) is 28.2 Å². The number of carbonyl (C=O) groups excluding carboxylic acids is 2. The maximum absolute atomic E-state index is 12.1. The quantitative estimate of drug-likeness (QED) is 0.891. The molecule has 1 aliphatic rings. The van der Waals surface area contributed by atoms with Crippen molar-refractivity contribution in [1.29, 1.82) is 0 Å². The second-order valence-corrected chi connectivity index (χ2v) is 6.02. The lowest BCUT2D eigenvalue weighted by molar-refractivity contribution is -0.135. The average Bonchev–Trinajstić information content (AvgIpc) is 2.51. The number of amides is 2. The highest BCUT2D eigenvalue weighted by atomic mass is 35.5. The van der Waals surface area contributed by atoms with Crippen molar-refractivity contribution in [2.75, 3.05) is 19.7 Å². The molecular weight excluding hydrogens is 327 g/mol. The van der Waals surface area contributed by atoms with Gasteiger partial charge in [-0.05, 0) is 25.0 Å². The summed E-state index contributed by atoms with van der Waals surface area (Å²) >= 11 is 11.9. The van der Waals surface area contributed by atoms with Crippen LogP contribution in [0.3, 0.4) is 0 Å². The van der Waals surface area contributed by atoms with Gasteiger partial charge in [-0.1, -0.05) is 29.3 Å². The van der Waals surface area contributed by atoms with Crippen molar-refractivity contribution < 1.29 is 14.3 Å². The maximum Gasteiger partial charge on any atom is 0.226 e. The maximum atomic E-state index is 12.1. The molecule has 1 aromatic carbocycles. The minimum absolute atomic E-state index is 0.0518. The third-order valence-corrected chi connectivity index (χ3v) is 4.47. The molecule has 22 heavy (non-hydrogen) atoms. The largest absolute Gasteiger partial charge is 0.491 e. The van der Waals surface area contributed by atoms with Crippen molar-refractivity contribution in [1.82, 2.24) is 4.90 Å². The average molecular weight is 345 g/mol. The van der Waals surface area contributed by atoms with Gasteiger partial charge < -0.3 is 15.4 Å². The second-order valence-electron chi connectivity index (χ2n) is 5.23. The fourth-order valence-electron chi connectivity index (χ4n) is 2.44. The van der Waals surface area contributed by atoms with Gasteiger partial charge in [-0.25, -0.2) is 0 Å². The van der Waals surface area contributed by atoms with Crippen LogP contribution in [-0.2, 0) is 9.59 Å². The molecule has 0 radical (unpaired) electrons. The van der Waals surface area contributed by atoms with Gasteiger partial charge in [0.1, 0.15) is 10.8 Å². The van der Waals surface area contributed by atoms with E-state index in [1.807, 2.05) is 0 Å². The molecule has 2 amide bonds. The highest BCUT2D eigenvalue weighted by Gasteiger charge is 2.26. The Kier molecular flexibility index (Phi) is 5.91. The van der Waals surface area contributed by atoms with E-state index in [2.05, 4.69) is 0 Å². The van der Waals surface area contributed by atoms with Crippen LogP contribution in [0, 0.1) is 5.92 Å². The van der Waals surface area contributed by atoms with Gasteiger partial charge in [0.05, 0.1) is 24.0 Å². The summed E-state index contributed by atoms with van der Waals surface area (Å²) < 4.78 is 5.50. The first-order valence-corrected chi connectivity index (χ1v) is 7.88. The fraction of sp³-hybridized carbons (Fsp3) is 0.467. The lowest BCUT2D eigenvalue weighted by Gasteiger charge is -2.31. The van der Waals surface area contributed by atoms with Crippen LogP contribution in [0.25, 0.3) is 0 Å². The van der Waals surface area contributed by atoms with Crippen molar-refractivity contribution in [2.24, 2.45) is 11.7 Å². The molecule has 0 spiro atoms. The molecule has 5 nitrogen and oxygen atoms in total. The van der Waals surface area contributed by atoms with Gasteiger partial charge in [0, 0.05) is 13.1 Å². The van der Waals surface area contributed by atoms with Crippen LogP contribution in [0.2, 0.25) is 10.0 Å². The monoisotopic (exact) mass is 344 g/mol. The molecule has 2 N–H and O–H groups in total. The Labute approximate surface area is 139 Å². The summed E-state index contributed by atoms with van der Waals surface area (Å²) in [6, 6.07) is 5.09. The van der Waals surface area contributed by atoms with Crippen molar-refractivity contribution >= 4 is 35.0 Å². The first-order valence-electron chi connectivity index (χ1n) is 7.13. The molecule has 1 fully saturated rings. The number of halogens is 2. The second kappa shape index (κ2) is 7.70. The van der Waals surface area contributed by atoms with Gasteiger partial charge in [-0.2, -0.15) is 0 Å². The number of piperidine rings is 1. The van der Waals surface area contributed by atoms with Crippen molar-refractivity contribution in [2.45, 2.75) is 19.3 Å². The summed E-state index contributed by atoms with van der Waals surface area (Å²) in [5.41, 5.74) is 5.31. The third-order valence-electron chi connectivity index (χ3n) is 3.67. The lowest BCUT2D eigenvalue weighted by Crippen LogP contribution is -2.44. The molecule has 1 aromatic rings. The molecule has 0 aliphatic carbocycles. The highest BCUT2D eigenvalue weighted by Crippen LogP contribution is 2.31. The number of rotatable bonds is 5. The predicted octanol–water partition coefficient (Wildman–Crippen LogP) is 2.49. The Morgan fingerprint density at radius 2 is 2.14 bits per heavy atom. The third kappa shape index (κ3) is 4.27. The number of likely N-dealkylation sites (tertiary alicyclic amines) is 1. The number of nitrogens with two attached hydrogens (primary N) is 1. The Morgan fingerprint density at radius 1 is 1.36 bits per heavy atom. The van der Waals surface area contributed by atoms with Crippen LogP contribution in [0.1, 0.15) is 19.3 Å². The van der Waals surface area contributed by atoms with E-state index in [0.717, 1.165) is 12.8 Å². The standard InChI is InChI=1S/C15H18Cl2N2O3/c16-11-4-1-5-12(14(11)17)22-8-6-13(20)19-7-2-3-10(9-19)15(18)21/h1,4-5,10H,2-3,6-9H2,(H2,18,21).